The molecule has 2 atom stereocenters. The molecule has 0 aromatic heterocycles. The van der Waals surface area contributed by atoms with Gasteiger partial charge in [-0.1, -0.05) is 42.5 Å². The molecule has 4 heteroatoms. The van der Waals surface area contributed by atoms with Gasteiger partial charge in [0, 0.05) is 17.5 Å². The molecule has 0 heterocycles. The van der Waals surface area contributed by atoms with E-state index in [0.29, 0.717) is 17.5 Å². The van der Waals surface area contributed by atoms with Crippen LogP contribution in [0.15, 0.2) is 30.3 Å². The third-order valence-electron chi connectivity index (χ3n) is 8.83. The van der Waals surface area contributed by atoms with Crippen molar-refractivity contribution < 1.29 is 0 Å². The Morgan fingerprint density at radius 3 is 2.34 bits per heavy atom. The van der Waals surface area contributed by atoms with Gasteiger partial charge < -0.3 is 11.1 Å². The van der Waals surface area contributed by atoms with Crippen molar-refractivity contribution in [2.75, 3.05) is 12.0 Å². The average Bonchev–Trinajstić information content (AvgIpc) is 2.72. The van der Waals surface area contributed by atoms with Crippen molar-refractivity contribution in [2.45, 2.75) is 75.3 Å². The van der Waals surface area contributed by atoms with Crippen LogP contribution in [-0.2, 0) is 5.41 Å². The molecule has 1 aromatic rings. The van der Waals surface area contributed by atoms with Crippen molar-refractivity contribution in [3.63, 3.8) is 0 Å². The molecule has 5 saturated carbocycles. The van der Waals surface area contributed by atoms with Crippen molar-refractivity contribution in [3.8, 4) is 0 Å². The summed E-state index contributed by atoms with van der Waals surface area (Å²) in [4.78, 5) is 1.20. The largest absolute Gasteiger partial charge is 0.376 e. The molecular weight excluding hydrogens is 392 g/mol. The predicted molar refractivity (Wildman–Crippen MR) is 128 cm³/mol. The van der Waals surface area contributed by atoms with Crippen molar-refractivity contribution in [2.24, 2.45) is 28.9 Å². The van der Waals surface area contributed by atoms with Crippen molar-refractivity contribution in [3.05, 3.63) is 35.9 Å². The smallest absolute Gasteiger partial charge is 0.0818 e. The highest BCUT2D eigenvalue weighted by molar-refractivity contribution is 7.98. The highest BCUT2D eigenvalue weighted by Gasteiger charge is 2.62. The summed E-state index contributed by atoms with van der Waals surface area (Å²) < 4.78 is 0. The van der Waals surface area contributed by atoms with Crippen molar-refractivity contribution in [1.82, 2.24) is 5.32 Å². The first kappa shape index (κ1) is 20.3. The molecule has 0 radical (unpaired) electrons. The molecule has 3 N–H and O–H groups in total. The summed E-state index contributed by atoms with van der Waals surface area (Å²) in [7, 11) is 0. The lowest BCUT2D eigenvalue weighted by atomic mass is 9.40. The summed E-state index contributed by atoms with van der Waals surface area (Å²) >= 11 is 8.26. The van der Waals surface area contributed by atoms with Gasteiger partial charge in [0.15, 0.2) is 0 Å². The summed E-state index contributed by atoms with van der Waals surface area (Å²) in [6.07, 6.45) is 13.6. The summed E-state index contributed by atoms with van der Waals surface area (Å²) in [5.41, 5.74) is 8.29. The van der Waals surface area contributed by atoms with Crippen LogP contribution in [0.5, 0.6) is 0 Å². The van der Waals surface area contributed by atoms with E-state index in [0.717, 1.165) is 30.6 Å². The number of hydrogen-bond acceptors (Lipinski definition) is 3. The molecule has 158 valence electrons. The first-order valence-electron chi connectivity index (χ1n) is 11.6. The topological polar surface area (TPSA) is 38.0 Å². The number of rotatable bonds is 5. The van der Waals surface area contributed by atoms with E-state index in [9.17, 15) is 0 Å². The Kier molecular flexibility index (Phi) is 5.49. The van der Waals surface area contributed by atoms with E-state index in [1.54, 1.807) is 5.56 Å². The standard InChI is InChI=1S/C25H36N2S2/c1-29-15-22-17-11-24(19-5-3-2-4-6-19)12-18(22)14-25(13-17,16-24)23(28)27-21-9-7-20(26)8-10-21/h2-6,17-18,20-22H,7-16,26H2,1H3,(H,27,28)/t17?,18?,20-,21-,22?,24?,25?. The first-order valence-corrected chi connectivity index (χ1v) is 13.4. The molecular formula is C25H36N2S2. The Labute approximate surface area is 186 Å². The SMILES string of the molecule is CSCC1C2CC3(C(=S)N[C@H]4CC[C@H](N)CC4)CC1CC(c1ccccc1)(C2)C3. The lowest BCUT2D eigenvalue weighted by Crippen LogP contribution is -2.62. The fraction of sp³-hybridized carbons (Fsp3) is 0.720. The van der Waals surface area contributed by atoms with Crippen LogP contribution >= 0.6 is 24.0 Å². The molecule has 0 spiro atoms. The fourth-order valence-corrected chi connectivity index (χ4v) is 9.04. The van der Waals surface area contributed by atoms with Gasteiger partial charge in [0.25, 0.3) is 0 Å². The normalized spacial score (nSPS) is 43.3. The Hall–Kier alpha value is -0.580. The molecule has 2 unspecified atom stereocenters. The highest BCUT2D eigenvalue weighted by Crippen LogP contribution is 2.68. The number of thioether (sulfide) groups is 1. The molecule has 29 heavy (non-hydrogen) atoms. The summed E-state index contributed by atoms with van der Waals surface area (Å²) in [5.74, 6) is 3.90. The van der Waals surface area contributed by atoms with E-state index < -0.39 is 0 Å². The average molecular weight is 429 g/mol. The van der Waals surface area contributed by atoms with Crippen LogP contribution in [0.2, 0.25) is 0 Å². The van der Waals surface area contributed by atoms with Crippen LogP contribution < -0.4 is 11.1 Å². The van der Waals surface area contributed by atoms with Crippen LogP contribution in [0, 0.1) is 23.2 Å². The van der Waals surface area contributed by atoms with E-state index in [4.69, 9.17) is 18.0 Å². The number of nitrogens with one attached hydrogen (secondary N) is 1. The van der Waals surface area contributed by atoms with Crippen LogP contribution in [0.25, 0.3) is 0 Å². The van der Waals surface area contributed by atoms with E-state index in [-0.39, 0.29) is 5.41 Å². The zero-order chi connectivity index (χ0) is 20.1. The zero-order valence-electron chi connectivity index (χ0n) is 17.7. The van der Waals surface area contributed by atoms with Gasteiger partial charge in [-0.05, 0) is 98.5 Å². The predicted octanol–water partition coefficient (Wildman–Crippen LogP) is 5.30. The summed E-state index contributed by atoms with van der Waals surface area (Å²) in [5, 5.41) is 3.88. The lowest BCUT2D eigenvalue weighted by molar-refractivity contribution is -0.0732. The van der Waals surface area contributed by atoms with Gasteiger partial charge in [0.1, 0.15) is 0 Å². The second-order valence-corrected chi connectivity index (χ2v) is 12.0. The lowest BCUT2D eigenvalue weighted by Gasteiger charge is -2.65. The van der Waals surface area contributed by atoms with Crippen LogP contribution in [0.4, 0.5) is 0 Å². The van der Waals surface area contributed by atoms with Crippen molar-refractivity contribution >= 4 is 29.0 Å². The quantitative estimate of drug-likeness (QED) is 0.624. The Bertz CT molecular complexity index is 724. The number of benzene rings is 1. The third-order valence-corrected chi connectivity index (χ3v) is 10.1. The molecule has 0 aliphatic heterocycles. The van der Waals surface area contributed by atoms with Gasteiger partial charge in [-0.15, -0.1) is 0 Å². The molecule has 0 amide bonds. The second kappa shape index (κ2) is 7.84. The maximum absolute atomic E-state index is 6.21. The van der Waals surface area contributed by atoms with E-state index in [1.807, 2.05) is 0 Å². The van der Waals surface area contributed by atoms with E-state index in [1.165, 1.54) is 55.7 Å². The number of nitrogens with two attached hydrogens (primary N) is 1. The van der Waals surface area contributed by atoms with Gasteiger partial charge in [0.05, 0.1) is 4.99 Å². The Morgan fingerprint density at radius 2 is 1.72 bits per heavy atom. The molecule has 5 aliphatic rings. The Morgan fingerprint density at radius 1 is 1.07 bits per heavy atom. The molecule has 4 bridgehead atoms. The van der Waals surface area contributed by atoms with Gasteiger partial charge in [-0.3, -0.25) is 0 Å². The van der Waals surface area contributed by atoms with E-state index in [2.05, 4.69) is 53.7 Å². The minimum atomic E-state index is 0.228. The third kappa shape index (κ3) is 3.57. The highest BCUT2D eigenvalue weighted by atomic mass is 32.2. The minimum absolute atomic E-state index is 0.228. The minimum Gasteiger partial charge on any atom is -0.376 e. The first-order chi connectivity index (χ1) is 14.0. The van der Waals surface area contributed by atoms with E-state index >= 15 is 0 Å². The zero-order valence-corrected chi connectivity index (χ0v) is 19.4. The van der Waals surface area contributed by atoms with Gasteiger partial charge in [-0.2, -0.15) is 11.8 Å². The molecule has 6 rings (SSSR count). The molecule has 5 aliphatic carbocycles. The maximum Gasteiger partial charge on any atom is 0.0818 e. The summed E-state index contributed by atoms with van der Waals surface area (Å²) in [6.45, 7) is 0. The molecule has 2 nitrogen and oxygen atoms in total. The van der Waals surface area contributed by atoms with Gasteiger partial charge >= 0.3 is 0 Å². The van der Waals surface area contributed by atoms with Gasteiger partial charge in [0.2, 0.25) is 0 Å². The van der Waals surface area contributed by atoms with Crippen LogP contribution in [0.3, 0.4) is 0 Å². The second-order valence-electron chi connectivity index (χ2n) is 10.6. The fourth-order valence-electron chi connectivity index (χ4n) is 7.71. The monoisotopic (exact) mass is 428 g/mol. The number of hydrogen-bond donors (Lipinski definition) is 2. The van der Waals surface area contributed by atoms with Crippen molar-refractivity contribution in [1.29, 1.82) is 0 Å². The van der Waals surface area contributed by atoms with Crippen LogP contribution in [-0.4, -0.2) is 29.1 Å². The number of thiocarbonyl (C=S) groups is 1. The Balaban J connectivity index is 1.42. The maximum atomic E-state index is 6.21. The molecule has 1 aromatic carbocycles. The van der Waals surface area contributed by atoms with Gasteiger partial charge in [-0.25, -0.2) is 0 Å². The summed E-state index contributed by atoms with van der Waals surface area (Å²) in [6, 6.07) is 12.4. The van der Waals surface area contributed by atoms with Crippen LogP contribution in [0.1, 0.15) is 63.4 Å². The molecule has 0 saturated heterocycles. The molecule has 5 fully saturated rings.